The Kier molecular flexibility index (Phi) is 4.88. The van der Waals surface area contributed by atoms with Crippen LogP contribution in [0.1, 0.15) is 20.3 Å². The summed E-state index contributed by atoms with van der Waals surface area (Å²) in [6, 6.07) is 0.652. The predicted molar refractivity (Wildman–Crippen MR) is 36.7 cm³/mol. The molecule has 0 rings (SSSR count). The Balaban J connectivity index is 2.83. The van der Waals surface area contributed by atoms with Gasteiger partial charge in [-0.15, -0.1) is 0 Å². The van der Waals surface area contributed by atoms with Crippen LogP contribution in [0.4, 0.5) is 0 Å². The van der Waals surface area contributed by atoms with Gasteiger partial charge >= 0.3 is 0 Å². The smallest absolute Gasteiger partial charge is 0.0519 e. The van der Waals surface area contributed by atoms with Crippen molar-refractivity contribution in [2.45, 2.75) is 26.3 Å². The lowest BCUT2D eigenvalue weighted by molar-refractivity contribution is 0.586. The Hall–Kier alpha value is 0.440. The van der Waals surface area contributed by atoms with Crippen molar-refractivity contribution in [2.24, 2.45) is 0 Å². The molecule has 7 heavy (non-hydrogen) atoms. The quantitative estimate of drug-likeness (QED) is 0.497. The van der Waals surface area contributed by atoms with E-state index in [4.69, 9.17) is 0 Å². The third kappa shape index (κ3) is 4.29. The summed E-state index contributed by atoms with van der Waals surface area (Å²) in [5.74, 6) is 0. The summed E-state index contributed by atoms with van der Waals surface area (Å²) < 4.78 is 0. The highest BCUT2D eigenvalue weighted by molar-refractivity contribution is 9.09. The molecule has 0 aliphatic rings. The van der Waals surface area contributed by atoms with Gasteiger partial charge in [0.2, 0.25) is 0 Å². The van der Waals surface area contributed by atoms with Crippen LogP contribution in [0.15, 0.2) is 0 Å². The molecule has 0 aliphatic carbocycles. The molecule has 1 N–H and O–H groups in total. The Morgan fingerprint density at radius 2 is 2.29 bits per heavy atom. The van der Waals surface area contributed by atoms with E-state index in [1.165, 1.54) is 6.42 Å². The van der Waals surface area contributed by atoms with Crippen LogP contribution in [-0.2, 0) is 0 Å². The zero-order valence-corrected chi connectivity index (χ0v) is 6.46. The zero-order valence-electron chi connectivity index (χ0n) is 4.87. The van der Waals surface area contributed by atoms with Gasteiger partial charge in [-0.25, -0.2) is 0 Å². The number of hydrogen-bond acceptors (Lipinski definition) is 1. The number of nitrogens with one attached hydrogen (secondary N) is 1. The average Bonchev–Trinajstić information content (AvgIpc) is 1.68. The summed E-state index contributed by atoms with van der Waals surface area (Å²) in [6.45, 7) is 4.33. The maximum atomic E-state index is 3.28. The monoisotopic (exact) mass is 165 g/mol. The van der Waals surface area contributed by atoms with Gasteiger partial charge in [-0.2, -0.15) is 0 Å². The second-order valence-electron chi connectivity index (χ2n) is 1.65. The Bertz CT molecular complexity index is 39.1. The second kappa shape index (κ2) is 4.60. The van der Waals surface area contributed by atoms with E-state index in [1.807, 2.05) is 0 Å². The van der Waals surface area contributed by atoms with Gasteiger partial charge in [0.1, 0.15) is 0 Å². The van der Waals surface area contributed by atoms with Gasteiger partial charge in [0.15, 0.2) is 0 Å². The van der Waals surface area contributed by atoms with Crippen LogP contribution in [0, 0.1) is 0 Å². The first-order chi connectivity index (χ1) is 3.31. The third-order valence-corrected chi connectivity index (χ3v) is 1.36. The van der Waals surface area contributed by atoms with Gasteiger partial charge in [0.25, 0.3) is 0 Å². The molecule has 0 heterocycles. The van der Waals surface area contributed by atoms with Crippen LogP contribution >= 0.6 is 15.9 Å². The summed E-state index contributed by atoms with van der Waals surface area (Å²) in [6.07, 6.45) is 1.20. The molecule has 0 amide bonds. The highest BCUT2D eigenvalue weighted by Crippen LogP contribution is 1.87. The Morgan fingerprint density at radius 1 is 1.71 bits per heavy atom. The maximum Gasteiger partial charge on any atom is 0.0519 e. The fourth-order valence-electron chi connectivity index (χ4n) is 0.276. The number of alkyl halides is 1. The minimum atomic E-state index is 0.652. The van der Waals surface area contributed by atoms with Crippen molar-refractivity contribution in [3.8, 4) is 0 Å². The first kappa shape index (κ1) is 7.44. The largest absolute Gasteiger partial charge is 0.305 e. The zero-order chi connectivity index (χ0) is 5.70. The van der Waals surface area contributed by atoms with Crippen LogP contribution in [-0.4, -0.2) is 11.5 Å². The second-order valence-corrected chi connectivity index (χ2v) is 2.21. The standard InChI is InChI=1S/C5H12BrN/c1-3-5(2)7-4-6/h5,7H,3-4H2,1-2H3. The van der Waals surface area contributed by atoms with Gasteiger partial charge in [-0.05, 0) is 13.3 Å². The molecule has 0 aromatic rings. The summed E-state index contributed by atoms with van der Waals surface area (Å²) in [7, 11) is 0. The summed E-state index contributed by atoms with van der Waals surface area (Å²) >= 11 is 3.28. The van der Waals surface area contributed by atoms with Crippen molar-refractivity contribution >= 4 is 15.9 Å². The van der Waals surface area contributed by atoms with Crippen LogP contribution in [0.2, 0.25) is 0 Å². The Labute approximate surface area is 53.6 Å². The molecule has 2 heteroatoms. The maximum absolute atomic E-state index is 3.28. The molecule has 1 unspecified atom stereocenters. The van der Waals surface area contributed by atoms with Gasteiger partial charge < -0.3 is 5.32 Å². The number of rotatable bonds is 3. The first-order valence-electron chi connectivity index (χ1n) is 2.60. The molecule has 0 radical (unpaired) electrons. The molecule has 1 nitrogen and oxygen atoms in total. The molecule has 0 aliphatic heterocycles. The number of hydrogen-bond donors (Lipinski definition) is 1. The highest BCUT2D eigenvalue weighted by Gasteiger charge is 1.90. The fraction of sp³-hybridized carbons (Fsp3) is 1.00. The van der Waals surface area contributed by atoms with E-state index in [9.17, 15) is 0 Å². The van der Waals surface area contributed by atoms with Gasteiger partial charge in [0.05, 0.1) is 5.45 Å². The molecule has 0 bridgehead atoms. The van der Waals surface area contributed by atoms with E-state index in [0.29, 0.717) is 6.04 Å². The molecule has 0 aromatic heterocycles. The van der Waals surface area contributed by atoms with Crippen molar-refractivity contribution in [3.05, 3.63) is 0 Å². The first-order valence-corrected chi connectivity index (χ1v) is 3.72. The highest BCUT2D eigenvalue weighted by atomic mass is 79.9. The van der Waals surface area contributed by atoms with Crippen molar-refractivity contribution in [2.75, 3.05) is 5.45 Å². The normalized spacial score (nSPS) is 14.1. The molecule has 0 spiro atoms. The van der Waals surface area contributed by atoms with Crippen LogP contribution < -0.4 is 5.32 Å². The lowest BCUT2D eigenvalue weighted by atomic mass is 10.3. The van der Waals surface area contributed by atoms with Crippen molar-refractivity contribution < 1.29 is 0 Å². The molecule has 0 saturated carbocycles. The summed E-state index contributed by atoms with van der Waals surface area (Å²) in [4.78, 5) is 0. The predicted octanol–water partition coefficient (Wildman–Crippen LogP) is 1.73. The molecule has 0 aromatic carbocycles. The lowest BCUT2D eigenvalue weighted by Crippen LogP contribution is -2.22. The molecule has 1 atom stereocenters. The third-order valence-electron chi connectivity index (χ3n) is 1.04. The molecule has 0 fully saturated rings. The van der Waals surface area contributed by atoms with Crippen molar-refractivity contribution in [3.63, 3.8) is 0 Å². The average molecular weight is 166 g/mol. The molecular weight excluding hydrogens is 154 g/mol. The SMILES string of the molecule is CCC(C)NCBr. The van der Waals surface area contributed by atoms with E-state index >= 15 is 0 Å². The van der Waals surface area contributed by atoms with Gasteiger partial charge in [-0.1, -0.05) is 22.9 Å². The summed E-state index contributed by atoms with van der Waals surface area (Å²) in [5.41, 5.74) is 0.905. The fourth-order valence-corrected chi connectivity index (χ4v) is 0.829. The molecule has 44 valence electrons. The van der Waals surface area contributed by atoms with Gasteiger partial charge in [-0.3, -0.25) is 0 Å². The Morgan fingerprint density at radius 3 is 2.43 bits per heavy atom. The molecular formula is C5H12BrN. The van der Waals surface area contributed by atoms with E-state index in [2.05, 4.69) is 35.1 Å². The van der Waals surface area contributed by atoms with Crippen molar-refractivity contribution in [1.29, 1.82) is 0 Å². The van der Waals surface area contributed by atoms with E-state index in [1.54, 1.807) is 0 Å². The minimum absolute atomic E-state index is 0.652. The summed E-state index contributed by atoms with van der Waals surface area (Å²) in [5, 5.41) is 3.21. The van der Waals surface area contributed by atoms with E-state index in [0.717, 1.165) is 5.45 Å². The molecule has 0 saturated heterocycles. The van der Waals surface area contributed by atoms with Gasteiger partial charge in [0, 0.05) is 6.04 Å². The van der Waals surface area contributed by atoms with Crippen LogP contribution in [0.3, 0.4) is 0 Å². The van der Waals surface area contributed by atoms with Crippen LogP contribution in [0.25, 0.3) is 0 Å². The van der Waals surface area contributed by atoms with Crippen LogP contribution in [0.5, 0.6) is 0 Å². The minimum Gasteiger partial charge on any atom is -0.305 e. The van der Waals surface area contributed by atoms with E-state index < -0.39 is 0 Å². The lowest BCUT2D eigenvalue weighted by Gasteiger charge is -2.05. The van der Waals surface area contributed by atoms with Crippen molar-refractivity contribution in [1.82, 2.24) is 5.32 Å². The topological polar surface area (TPSA) is 12.0 Å². The number of halogens is 1. The van der Waals surface area contributed by atoms with E-state index in [-0.39, 0.29) is 0 Å².